The van der Waals surface area contributed by atoms with Gasteiger partial charge in [0.1, 0.15) is 0 Å². The molecule has 0 amide bonds. The van der Waals surface area contributed by atoms with E-state index in [0.717, 1.165) is 22.4 Å². The molecule has 0 unspecified atom stereocenters. The largest absolute Gasteiger partial charge is 0.417 e. The molecule has 4 rings (SSSR count). The number of fused-ring (bicyclic) bond motifs is 1. The van der Waals surface area contributed by atoms with Crippen LogP contribution in [0.3, 0.4) is 0 Å². The molecule has 4 aromatic rings. The summed E-state index contributed by atoms with van der Waals surface area (Å²) in [7, 11) is 0. The average molecular weight is 339 g/mol. The minimum atomic E-state index is -4.46. The fraction of sp³-hybridized carbons (Fsp3) is 0.0526. The van der Waals surface area contributed by atoms with Gasteiger partial charge >= 0.3 is 6.18 Å². The number of hydrogen-bond acceptors (Lipinski definition) is 2. The van der Waals surface area contributed by atoms with Crippen LogP contribution in [0.4, 0.5) is 13.2 Å². The lowest BCUT2D eigenvalue weighted by Crippen LogP contribution is -2.07. The first-order valence-electron chi connectivity index (χ1n) is 7.61. The van der Waals surface area contributed by atoms with Crippen LogP contribution in [-0.4, -0.2) is 15.2 Å². The van der Waals surface area contributed by atoms with Gasteiger partial charge in [-0.05, 0) is 16.8 Å². The van der Waals surface area contributed by atoms with Crippen molar-refractivity contribution in [1.82, 2.24) is 15.2 Å². The van der Waals surface area contributed by atoms with Crippen molar-refractivity contribution in [3.8, 4) is 22.8 Å². The molecule has 0 aliphatic rings. The summed E-state index contributed by atoms with van der Waals surface area (Å²) in [5.74, 6) is 0.458. The van der Waals surface area contributed by atoms with Crippen molar-refractivity contribution in [2.24, 2.45) is 0 Å². The summed E-state index contributed by atoms with van der Waals surface area (Å²) < 4.78 is 39.6. The number of aromatic nitrogens is 3. The van der Waals surface area contributed by atoms with Gasteiger partial charge in [-0.1, -0.05) is 60.7 Å². The molecule has 124 valence electrons. The van der Waals surface area contributed by atoms with Gasteiger partial charge in [0.15, 0.2) is 11.6 Å². The zero-order valence-electron chi connectivity index (χ0n) is 12.9. The quantitative estimate of drug-likeness (QED) is 0.538. The topological polar surface area (TPSA) is 41.6 Å². The van der Waals surface area contributed by atoms with Gasteiger partial charge in [-0.15, -0.1) is 0 Å². The third kappa shape index (κ3) is 2.76. The molecule has 0 atom stereocenters. The maximum absolute atomic E-state index is 13.2. The summed E-state index contributed by atoms with van der Waals surface area (Å²) in [6.07, 6.45) is -4.46. The SMILES string of the molecule is FC(F)(F)c1ccccc1-c1nc(-c2cccc3ccccc23)n[nH]1. The van der Waals surface area contributed by atoms with E-state index in [9.17, 15) is 13.2 Å². The van der Waals surface area contributed by atoms with E-state index >= 15 is 0 Å². The Labute approximate surface area is 141 Å². The lowest BCUT2D eigenvalue weighted by atomic mass is 10.0. The monoisotopic (exact) mass is 339 g/mol. The summed E-state index contributed by atoms with van der Waals surface area (Å²) in [6, 6.07) is 18.7. The van der Waals surface area contributed by atoms with Crippen molar-refractivity contribution in [3.05, 3.63) is 72.3 Å². The Morgan fingerprint density at radius 2 is 1.44 bits per heavy atom. The third-order valence-corrected chi connectivity index (χ3v) is 4.00. The number of hydrogen-bond donors (Lipinski definition) is 1. The van der Waals surface area contributed by atoms with E-state index in [1.54, 1.807) is 6.07 Å². The average Bonchev–Trinajstić information content (AvgIpc) is 3.10. The summed E-state index contributed by atoms with van der Waals surface area (Å²) in [5.41, 5.74) is 0.00898. The van der Waals surface area contributed by atoms with Crippen molar-refractivity contribution >= 4 is 10.8 Å². The Kier molecular flexibility index (Phi) is 3.53. The van der Waals surface area contributed by atoms with Gasteiger partial charge in [-0.2, -0.15) is 18.3 Å². The summed E-state index contributed by atoms with van der Waals surface area (Å²) in [5, 5.41) is 8.73. The van der Waals surface area contributed by atoms with Crippen molar-refractivity contribution < 1.29 is 13.2 Å². The normalized spacial score (nSPS) is 11.8. The number of rotatable bonds is 2. The molecule has 0 radical (unpaired) electrons. The summed E-state index contributed by atoms with van der Waals surface area (Å²) in [6.45, 7) is 0. The number of nitrogens with zero attached hydrogens (tertiary/aromatic N) is 2. The molecule has 3 aromatic carbocycles. The second kappa shape index (κ2) is 5.73. The second-order valence-corrected chi connectivity index (χ2v) is 5.58. The van der Waals surface area contributed by atoms with Gasteiger partial charge in [0.25, 0.3) is 0 Å². The third-order valence-electron chi connectivity index (χ3n) is 4.00. The minimum Gasteiger partial charge on any atom is -0.259 e. The number of nitrogens with one attached hydrogen (secondary N) is 1. The molecule has 0 saturated carbocycles. The first kappa shape index (κ1) is 15.4. The molecule has 6 heteroatoms. The fourth-order valence-electron chi connectivity index (χ4n) is 2.86. The standard InChI is InChI=1S/C19H12F3N3/c20-19(21,22)16-11-4-3-9-15(16)18-23-17(24-25-18)14-10-5-7-12-6-1-2-8-13(12)14/h1-11H,(H,23,24,25). The second-order valence-electron chi connectivity index (χ2n) is 5.58. The Morgan fingerprint density at radius 3 is 2.28 bits per heavy atom. The van der Waals surface area contributed by atoms with Crippen molar-refractivity contribution in [2.75, 3.05) is 0 Å². The van der Waals surface area contributed by atoms with E-state index in [-0.39, 0.29) is 11.4 Å². The van der Waals surface area contributed by atoms with Crippen molar-refractivity contribution in [1.29, 1.82) is 0 Å². The molecule has 0 aliphatic heterocycles. The van der Waals surface area contributed by atoms with E-state index in [2.05, 4.69) is 15.2 Å². The van der Waals surface area contributed by atoms with Gasteiger partial charge in [-0.3, -0.25) is 5.10 Å². The molecule has 3 nitrogen and oxygen atoms in total. The molecule has 0 aliphatic carbocycles. The van der Waals surface area contributed by atoms with Gasteiger partial charge in [0.2, 0.25) is 0 Å². The summed E-state index contributed by atoms with van der Waals surface area (Å²) in [4.78, 5) is 4.31. The van der Waals surface area contributed by atoms with Crippen LogP contribution in [0.2, 0.25) is 0 Å². The Bertz CT molecular complexity index is 1050. The predicted molar refractivity (Wildman–Crippen MR) is 89.8 cm³/mol. The first-order valence-corrected chi connectivity index (χ1v) is 7.61. The molecule has 1 heterocycles. The number of halogens is 3. The lowest BCUT2D eigenvalue weighted by molar-refractivity contribution is -0.137. The zero-order valence-corrected chi connectivity index (χ0v) is 12.9. The molecule has 0 spiro atoms. The van der Waals surface area contributed by atoms with Crippen LogP contribution in [-0.2, 0) is 6.18 Å². The molecule has 0 bridgehead atoms. The number of aromatic amines is 1. The van der Waals surface area contributed by atoms with Gasteiger partial charge in [0, 0.05) is 11.1 Å². The highest BCUT2D eigenvalue weighted by Crippen LogP contribution is 2.36. The summed E-state index contributed by atoms with van der Waals surface area (Å²) >= 11 is 0. The van der Waals surface area contributed by atoms with Crippen LogP contribution < -0.4 is 0 Å². The lowest BCUT2D eigenvalue weighted by Gasteiger charge is -2.10. The Morgan fingerprint density at radius 1 is 0.760 bits per heavy atom. The van der Waals surface area contributed by atoms with Crippen LogP contribution in [0.25, 0.3) is 33.5 Å². The van der Waals surface area contributed by atoms with Crippen molar-refractivity contribution in [3.63, 3.8) is 0 Å². The number of H-pyrrole nitrogens is 1. The number of alkyl halides is 3. The molecule has 1 aromatic heterocycles. The molecular weight excluding hydrogens is 327 g/mol. The van der Waals surface area contributed by atoms with E-state index in [4.69, 9.17) is 0 Å². The fourth-order valence-corrected chi connectivity index (χ4v) is 2.86. The van der Waals surface area contributed by atoms with Crippen LogP contribution in [0.15, 0.2) is 66.7 Å². The van der Waals surface area contributed by atoms with E-state index in [0.29, 0.717) is 5.82 Å². The molecule has 1 N–H and O–H groups in total. The van der Waals surface area contributed by atoms with Gasteiger partial charge in [0.05, 0.1) is 5.56 Å². The van der Waals surface area contributed by atoms with E-state index < -0.39 is 11.7 Å². The van der Waals surface area contributed by atoms with E-state index in [1.807, 2.05) is 42.5 Å². The van der Waals surface area contributed by atoms with Gasteiger partial charge in [-0.25, -0.2) is 4.98 Å². The highest BCUT2D eigenvalue weighted by molar-refractivity contribution is 5.95. The minimum absolute atomic E-state index is 0.0195. The van der Waals surface area contributed by atoms with Crippen LogP contribution in [0.5, 0.6) is 0 Å². The first-order chi connectivity index (χ1) is 12.0. The Hall–Kier alpha value is -3.15. The van der Waals surface area contributed by atoms with Crippen LogP contribution in [0.1, 0.15) is 5.56 Å². The van der Waals surface area contributed by atoms with Crippen molar-refractivity contribution in [2.45, 2.75) is 6.18 Å². The highest BCUT2D eigenvalue weighted by atomic mass is 19.4. The molecule has 25 heavy (non-hydrogen) atoms. The maximum Gasteiger partial charge on any atom is 0.417 e. The molecular formula is C19H12F3N3. The smallest absolute Gasteiger partial charge is 0.259 e. The van der Waals surface area contributed by atoms with Gasteiger partial charge < -0.3 is 0 Å². The Balaban J connectivity index is 1.84. The van der Waals surface area contributed by atoms with Crippen LogP contribution in [0, 0.1) is 0 Å². The van der Waals surface area contributed by atoms with Crippen LogP contribution >= 0.6 is 0 Å². The number of benzene rings is 3. The predicted octanol–water partition coefficient (Wildman–Crippen LogP) is 5.31. The molecule has 0 fully saturated rings. The zero-order chi connectivity index (χ0) is 17.4. The molecule has 0 saturated heterocycles. The highest BCUT2D eigenvalue weighted by Gasteiger charge is 2.34. The maximum atomic E-state index is 13.2. The van der Waals surface area contributed by atoms with E-state index in [1.165, 1.54) is 12.1 Å².